The molecule has 2 saturated carbocycles. The summed E-state index contributed by atoms with van der Waals surface area (Å²) in [5.74, 6) is 3.04. The van der Waals surface area contributed by atoms with E-state index in [1.807, 2.05) is 0 Å². The summed E-state index contributed by atoms with van der Waals surface area (Å²) in [6, 6.07) is 0. The van der Waals surface area contributed by atoms with Crippen LogP contribution in [0.4, 0.5) is 0 Å². The van der Waals surface area contributed by atoms with Crippen LogP contribution in [-0.2, 0) is 4.74 Å². The van der Waals surface area contributed by atoms with E-state index in [-0.39, 0.29) is 0 Å². The molecule has 0 aromatic rings. The van der Waals surface area contributed by atoms with Crippen molar-refractivity contribution < 1.29 is 4.74 Å². The van der Waals surface area contributed by atoms with E-state index in [2.05, 4.69) is 38.2 Å². The SMILES string of the molecule is C/C=C\CCOC1CCC(CCC2CCC(CC/C=C/C)CC2)CC1. The number of rotatable bonds is 10. The normalized spacial score (nSPS) is 31.1. The van der Waals surface area contributed by atoms with E-state index < -0.39 is 0 Å². The highest BCUT2D eigenvalue weighted by atomic mass is 16.5. The molecule has 2 fully saturated rings. The number of hydrogen-bond donors (Lipinski definition) is 0. The van der Waals surface area contributed by atoms with E-state index in [9.17, 15) is 0 Å². The molecule has 1 heteroatoms. The van der Waals surface area contributed by atoms with Gasteiger partial charge in [-0.2, -0.15) is 0 Å². The lowest BCUT2D eigenvalue weighted by molar-refractivity contribution is 0.0188. The first kappa shape index (κ1) is 20.7. The largest absolute Gasteiger partial charge is 0.378 e. The second-order valence-electron chi connectivity index (χ2n) is 8.48. The Kier molecular flexibility index (Phi) is 10.6. The molecule has 0 saturated heterocycles. The van der Waals surface area contributed by atoms with Crippen LogP contribution >= 0.6 is 0 Å². The zero-order valence-electron chi connectivity index (χ0n) is 16.9. The first-order valence-corrected chi connectivity index (χ1v) is 11.2. The standard InChI is InChI=1S/C24H42O/c1-3-5-7-9-21-10-12-22(13-11-21)14-15-23-16-18-24(19-17-23)25-20-8-6-4-2/h3-6,21-24H,7-20H2,1-2H3/b5-3+,6-4-. The summed E-state index contributed by atoms with van der Waals surface area (Å²) in [4.78, 5) is 0. The summed E-state index contributed by atoms with van der Waals surface area (Å²) in [5, 5.41) is 0. The lowest BCUT2D eigenvalue weighted by atomic mass is 9.76. The van der Waals surface area contributed by atoms with Gasteiger partial charge in [0.05, 0.1) is 12.7 Å². The van der Waals surface area contributed by atoms with Gasteiger partial charge >= 0.3 is 0 Å². The lowest BCUT2D eigenvalue weighted by Gasteiger charge is -2.32. The fourth-order valence-electron chi connectivity index (χ4n) is 4.84. The van der Waals surface area contributed by atoms with Crippen LogP contribution in [0.25, 0.3) is 0 Å². The monoisotopic (exact) mass is 346 g/mol. The molecule has 25 heavy (non-hydrogen) atoms. The third kappa shape index (κ3) is 8.58. The van der Waals surface area contributed by atoms with Crippen LogP contribution < -0.4 is 0 Å². The molecular formula is C24H42O. The Hall–Kier alpha value is -0.560. The zero-order valence-corrected chi connectivity index (χ0v) is 16.9. The third-order valence-corrected chi connectivity index (χ3v) is 6.59. The Morgan fingerprint density at radius 1 is 0.640 bits per heavy atom. The molecule has 144 valence electrons. The summed E-state index contributed by atoms with van der Waals surface area (Å²) in [6.07, 6.45) is 27.6. The van der Waals surface area contributed by atoms with E-state index in [4.69, 9.17) is 4.74 Å². The fraction of sp³-hybridized carbons (Fsp3) is 0.833. The molecule has 1 nitrogen and oxygen atoms in total. The molecule has 0 aromatic carbocycles. The lowest BCUT2D eigenvalue weighted by Crippen LogP contribution is -2.23. The molecule has 0 aliphatic heterocycles. The second-order valence-corrected chi connectivity index (χ2v) is 8.48. The average Bonchev–Trinajstić information content (AvgIpc) is 2.66. The molecule has 2 rings (SSSR count). The Bertz CT molecular complexity index is 368. The molecule has 0 N–H and O–H groups in total. The van der Waals surface area contributed by atoms with Crippen LogP contribution in [0.15, 0.2) is 24.3 Å². The number of hydrogen-bond acceptors (Lipinski definition) is 1. The molecule has 0 radical (unpaired) electrons. The minimum Gasteiger partial charge on any atom is -0.378 e. The van der Waals surface area contributed by atoms with Crippen molar-refractivity contribution in [2.24, 2.45) is 17.8 Å². The topological polar surface area (TPSA) is 9.23 Å². The van der Waals surface area contributed by atoms with Gasteiger partial charge in [-0.25, -0.2) is 0 Å². The molecule has 0 amide bonds. The van der Waals surface area contributed by atoms with E-state index >= 15 is 0 Å². The number of ether oxygens (including phenoxy) is 1. The first-order chi connectivity index (χ1) is 12.3. The Labute approximate surface area is 157 Å². The molecule has 0 atom stereocenters. The highest BCUT2D eigenvalue weighted by molar-refractivity contribution is 4.81. The van der Waals surface area contributed by atoms with Gasteiger partial charge in [0.2, 0.25) is 0 Å². The van der Waals surface area contributed by atoms with Crippen molar-refractivity contribution in [2.75, 3.05) is 6.61 Å². The Morgan fingerprint density at radius 2 is 1.12 bits per heavy atom. The maximum atomic E-state index is 6.02. The van der Waals surface area contributed by atoms with Crippen LogP contribution in [0.1, 0.15) is 97.3 Å². The van der Waals surface area contributed by atoms with Gasteiger partial charge in [-0.05, 0) is 76.5 Å². The van der Waals surface area contributed by atoms with Gasteiger partial charge < -0.3 is 4.74 Å². The van der Waals surface area contributed by atoms with Crippen LogP contribution in [0.2, 0.25) is 0 Å². The van der Waals surface area contributed by atoms with E-state index in [0.717, 1.165) is 30.8 Å². The quantitative estimate of drug-likeness (QED) is 0.294. The van der Waals surface area contributed by atoms with Gasteiger partial charge in [0.25, 0.3) is 0 Å². The van der Waals surface area contributed by atoms with Gasteiger partial charge in [-0.3, -0.25) is 0 Å². The fourth-order valence-corrected chi connectivity index (χ4v) is 4.84. The molecular weight excluding hydrogens is 304 g/mol. The predicted molar refractivity (Wildman–Crippen MR) is 110 cm³/mol. The first-order valence-electron chi connectivity index (χ1n) is 11.2. The van der Waals surface area contributed by atoms with Gasteiger partial charge in [0.15, 0.2) is 0 Å². The molecule has 2 aliphatic rings. The maximum Gasteiger partial charge on any atom is 0.0575 e. The summed E-state index contributed by atoms with van der Waals surface area (Å²) in [7, 11) is 0. The van der Waals surface area contributed by atoms with Crippen LogP contribution in [0.3, 0.4) is 0 Å². The van der Waals surface area contributed by atoms with Crippen molar-refractivity contribution in [3.63, 3.8) is 0 Å². The van der Waals surface area contributed by atoms with E-state index in [1.54, 1.807) is 0 Å². The van der Waals surface area contributed by atoms with Crippen LogP contribution in [0, 0.1) is 17.8 Å². The van der Waals surface area contributed by atoms with Crippen molar-refractivity contribution in [1.82, 2.24) is 0 Å². The highest BCUT2D eigenvalue weighted by Gasteiger charge is 2.24. The van der Waals surface area contributed by atoms with Crippen molar-refractivity contribution in [3.05, 3.63) is 24.3 Å². The maximum absolute atomic E-state index is 6.02. The summed E-state index contributed by atoms with van der Waals surface area (Å²) in [5.41, 5.74) is 0. The summed E-state index contributed by atoms with van der Waals surface area (Å²) in [6.45, 7) is 5.14. The second kappa shape index (κ2) is 12.7. The van der Waals surface area contributed by atoms with Crippen LogP contribution in [-0.4, -0.2) is 12.7 Å². The van der Waals surface area contributed by atoms with Crippen molar-refractivity contribution in [2.45, 2.75) is 103 Å². The summed E-state index contributed by atoms with van der Waals surface area (Å²) < 4.78 is 6.02. The molecule has 0 unspecified atom stereocenters. The average molecular weight is 347 g/mol. The van der Waals surface area contributed by atoms with Gasteiger partial charge in [0, 0.05) is 0 Å². The van der Waals surface area contributed by atoms with Crippen molar-refractivity contribution >= 4 is 0 Å². The van der Waals surface area contributed by atoms with E-state index in [0.29, 0.717) is 6.10 Å². The Balaban J connectivity index is 1.50. The molecule has 0 spiro atoms. The zero-order chi connectivity index (χ0) is 17.7. The molecule has 0 aromatic heterocycles. The van der Waals surface area contributed by atoms with Gasteiger partial charge in [-0.1, -0.05) is 62.8 Å². The summed E-state index contributed by atoms with van der Waals surface area (Å²) >= 11 is 0. The smallest absolute Gasteiger partial charge is 0.0575 e. The molecule has 0 heterocycles. The van der Waals surface area contributed by atoms with Crippen molar-refractivity contribution in [3.8, 4) is 0 Å². The Morgan fingerprint density at radius 3 is 1.68 bits per heavy atom. The number of allylic oxidation sites excluding steroid dienone is 3. The molecule has 2 aliphatic carbocycles. The van der Waals surface area contributed by atoms with Gasteiger partial charge in [0.1, 0.15) is 0 Å². The predicted octanol–water partition coefficient (Wildman–Crippen LogP) is 7.47. The highest BCUT2D eigenvalue weighted by Crippen LogP contribution is 2.37. The van der Waals surface area contributed by atoms with Crippen molar-refractivity contribution in [1.29, 1.82) is 0 Å². The minimum atomic E-state index is 0.550. The molecule has 0 bridgehead atoms. The minimum absolute atomic E-state index is 0.550. The van der Waals surface area contributed by atoms with Gasteiger partial charge in [-0.15, -0.1) is 0 Å². The third-order valence-electron chi connectivity index (χ3n) is 6.59. The van der Waals surface area contributed by atoms with Crippen LogP contribution in [0.5, 0.6) is 0 Å². The van der Waals surface area contributed by atoms with E-state index in [1.165, 1.54) is 77.0 Å².